The first kappa shape index (κ1) is 10.5. The Bertz CT molecular complexity index is 310. The highest BCUT2D eigenvalue weighted by Crippen LogP contribution is 2.15. The van der Waals surface area contributed by atoms with Crippen LogP contribution in [0.5, 0.6) is 0 Å². The summed E-state index contributed by atoms with van der Waals surface area (Å²) in [4.78, 5) is 9.09. The van der Waals surface area contributed by atoms with Gasteiger partial charge >= 0.3 is 0 Å². The van der Waals surface area contributed by atoms with E-state index in [1.54, 1.807) is 0 Å². The maximum Gasteiger partial charge on any atom is 0.128 e. The molecule has 0 aliphatic carbocycles. The second-order valence-electron chi connectivity index (χ2n) is 4.48. The van der Waals surface area contributed by atoms with Crippen molar-refractivity contribution >= 4 is 5.82 Å². The fourth-order valence-corrected chi connectivity index (χ4v) is 2.12. The first-order valence-corrected chi connectivity index (χ1v) is 5.64. The predicted molar refractivity (Wildman–Crippen MR) is 62.1 cm³/mol. The molecule has 0 saturated carbocycles. The second-order valence-corrected chi connectivity index (χ2v) is 4.48. The van der Waals surface area contributed by atoms with Gasteiger partial charge in [-0.15, -0.1) is 0 Å². The standard InChI is InChI=1S/C11H20N4/c1-10(2)14-4-6-15(7-5-14)11-8-12-9-13(11)3/h8-10H,4-7H2,1-3H3. The van der Waals surface area contributed by atoms with Crippen LogP contribution in [-0.4, -0.2) is 46.7 Å². The fraction of sp³-hybridized carbons (Fsp3) is 0.727. The lowest BCUT2D eigenvalue weighted by Crippen LogP contribution is -2.49. The van der Waals surface area contributed by atoms with Crippen molar-refractivity contribution < 1.29 is 0 Å². The molecule has 4 nitrogen and oxygen atoms in total. The molecule has 0 radical (unpaired) electrons. The van der Waals surface area contributed by atoms with Crippen molar-refractivity contribution in [2.24, 2.45) is 7.05 Å². The molecule has 1 saturated heterocycles. The molecule has 4 heteroatoms. The Morgan fingerprint density at radius 3 is 2.33 bits per heavy atom. The minimum Gasteiger partial charge on any atom is -0.354 e. The highest BCUT2D eigenvalue weighted by Gasteiger charge is 2.20. The van der Waals surface area contributed by atoms with Gasteiger partial charge in [-0.1, -0.05) is 0 Å². The third kappa shape index (κ3) is 2.15. The molecule has 2 rings (SSSR count). The van der Waals surface area contributed by atoms with Gasteiger partial charge in [0.1, 0.15) is 5.82 Å². The molecule has 15 heavy (non-hydrogen) atoms. The van der Waals surface area contributed by atoms with E-state index in [0.29, 0.717) is 6.04 Å². The number of aromatic nitrogens is 2. The highest BCUT2D eigenvalue weighted by molar-refractivity contribution is 5.37. The zero-order chi connectivity index (χ0) is 10.8. The zero-order valence-corrected chi connectivity index (χ0v) is 9.85. The van der Waals surface area contributed by atoms with Crippen LogP contribution in [0.3, 0.4) is 0 Å². The number of piperazine rings is 1. The summed E-state index contributed by atoms with van der Waals surface area (Å²) < 4.78 is 2.09. The molecule has 0 amide bonds. The molecular weight excluding hydrogens is 188 g/mol. The van der Waals surface area contributed by atoms with Crippen molar-refractivity contribution in [3.05, 3.63) is 12.5 Å². The van der Waals surface area contributed by atoms with Gasteiger partial charge in [0.15, 0.2) is 0 Å². The predicted octanol–water partition coefficient (Wildman–Crippen LogP) is 0.950. The van der Waals surface area contributed by atoms with Crippen molar-refractivity contribution in [2.45, 2.75) is 19.9 Å². The van der Waals surface area contributed by atoms with Crippen LogP contribution in [0, 0.1) is 0 Å². The van der Waals surface area contributed by atoms with Gasteiger partial charge in [-0.3, -0.25) is 4.90 Å². The Kier molecular flexibility index (Phi) is 2.95. The number of hydrogen-bond donors (Lipinski definition) is 0. The molecule has 0 aromatic carbocycles. The van der Waals surface area contributed by atoms with Crippen LogP contribution in [0.4, 0.5) is 5.82 Å². The second kappa shape index (κ2) is 4.23. The van der Waals surface area contributed by atoms with Gasteiger partial charge in [0.05, 0.1) is 12.5 Å². The zero-order valence-electron chi connectivity index (χ0n) is 9.85. The lowest BCUT2D eigenvalue weighted by Gasteiger charge is -2.37. The number of anilines is 1. The van der Waals surface area contributed by atoms with Crippen LogP contribution >= 0.6 is 0 Å². The summed E-state index contributed by atoms with van der Waals surface area (Å²) >= 11 is 0. The first-order valence-electron chi connectivity index (χ1n) is 5.64. The van der Waals surface area contributed by atoms with Crippen LogP contribution in [0.1, 0.15) is 13.8 Å². The lowest BCUT2D eigenvalue weighted by molar-refractivity contribution is 0.208. The molecule has 1 fully saturated rings. The van der Waals surface area contributed by atoms with E-state index in [4.69, 9.17) is 0 Å². The Morgan fingerprint density at radius 2 is 1.87 bits per heavy atom. The maximum absolute atomic E-state index is 4.16. The smallest absolute Gasteiger partial charge is 0.128 e. The van der Waals surface area contributed by atoms with Crippen LogP contribution in [-0.2, 0) is 7.05 Å². The number of aryl methyl sites for hydroxylation is 1. The topological polar surface area (TPSA) is 24.3 Å². The maximum atomic E-state index is 4.16. The number of hydrogen-bond acceptors (Lipinski definition) is 3. The average molecular weight is 208 g/mol. The van der Waals surface area contributed by atoms with Crippen molar-refractivity contribution in [1.82, 2.24) is 14.5 Å². The highest BCUT2D eigenvalue weighted by atomic mass is 15.3. The number of rotatable bonds is 2. The van der Waals surface area contributed by atoms with E-state index >= 15 is 0 Å². The van der Waals surface area contributed by atoms with Gasteiger partial charge in [0.25, 0.3) is 0 Å². The minimum atomic E-state index is 0.665. The van der Waals surface area contributed by atoms with Crippen molar-refractivity contribution in [1.29, 1.82) is 0 Å². The van der Waals surface area contributed by atoms with E-state index in [1.807, 2.05) is 12.5 Å². The SMILES string of the molecule is CC(C)N1CCN(c2cncn2C)CC1. The molecule has 0 bridgehead atoms. The monoisotopic (exact) mass is 208 g/mol. The van der Waals surface area contributed by atoms with Crippen molar-refractivity contribution in [3.8, 4) is 0 Å². The first-order chi connectivity index (χ1) is 7.18. The van der Waals surface area contributed by atoms with Crippen LogP contribution in [0.2, 0.25) is 0 Å². The summed E-state index contributed by atoms with van der Waals surface area (Å²) in [6.45, 7) is 9.06. The Hall–Kier alpha value is -1.03. The molecule has 0 unspecified atom stereocenters. The minimum absolute atomic E-state index is 0.665. The van der Waals surface area contributed by atoms with Gasteiger partial charge in [-0.2, -0.15) is 0 Å². The summed E-state index contributed by atoms with van der Waals surface area (Å²) in [6.07, 6.45) is 3.81. The van der Waals surface area contributed by atoms with Gasteiger partial charge in [0.2, 0.25) is 0 Å². The van der Waals surface area contributed by atoms with Gasteiger partial charge in [0, 0.05) is 39.3 Å². The molecule has 84 valence electrons. The number of nitrogens with zero attached hydrogens (tertiary/aromatic N) is 4. The molecule has 1 aromatic rings. The van der Waals surface area contributed by atoms with E-state index in [-0.39, 0.29) is 0 Å². The molecule has 2 heterocycles. The molecular formula is C11H20N4. The van der Waals surface area contributed by atoms with Crippen LogP contribution in [0.25, 0.3) is 0 Å². The molecule has 1 aromatic heterocycles. The lowest BCUT2D eigenvalue weighted by atomic mass is 10.2. The molecule has 1 aliphatic heterocycles. The van der Waals surface area contributed by atoms with Crippen molar-refractivity contribution in [2.75, 3.05) is 31.1 Å². The quantitative estimate of drug-likeness (QED) is 0.723. The summed E-state index contributed by atoms with van der Waals surface area (Å²) in [5, 5.41) is 0. The van der Waals surface area contributed by atoms with Gasteiger partial charge < -0.3 is 9.47 Å². The van der Waals surface area contributed by atoms with Gasteiger partial charge in [-0.25, -0.2) is 4.98 Å². The summed E-state index contributed by atoms with van der Waals surface area (Å²) in [6, 6.07) is 0.665. The largest absolute Gasteiger partial charge is 0.354 e. The summed E-state index contributed by atoms with van der Waals surface area (Å²) in [7, 11) is 2.05. The third-order valence-corrected chi connectivity index (χ3v) is 3.16. The van der Waals surface area contributed by atoms with Crippen LogP contribution in [0.15, 0.2) is 12.5 Å². The van der Waals surface area contributed by atoms with Crippen LogP contribution < -0.4 is 4.90 Å². The Balaban J connectivity index is 1.97. The summed E-state index contributed by atoms with van der Waals surface area (Å²) in [5.74, 6) is 1.23. The van der Waals surface area contributed by atoms with Gasteiger partial charge in [-0.05, 0) is 13.8 Å². The third-order valence-electron chi connectivity index (χ3n) is 3.16. The van der Waals surface area contributed by atoms with E-state index in [9.17, 15) is 0 Å². The fourth-order valence-electron chi connectivity index (χ4n) is 2.12. The average Bonchev–Trinajstić information content (AvgIpc) is 2.65. The van der Waals surface area contributed by atoms with E-state index in [0.717, 1.165) is 26.2 Å². The molecule has 0 spiro atoms. The molecule has 0 N–H and O–H groups in total. The van der Waals surface area contributed by atoms with E-state index in [1.165, 1.54) is 5.82 Å². The van der Waals surface area contributed by atoms with E-state index < -0.39 is 0 Å². The molecule has 1 aliphatic rings. The van der Waals surface area contributed by atoms with E-state index in [2.05, 4.69) is 40.2 Å². The number of imidazole rings is 1. The Morgan fingerprint density at radius 1 is 1.20 bits per heavy atom. The molecule has 0 atom stereocenters. The normalized spacial score (nSPS) is 18.8. The van der Waals surface area contributed by atoms with Crippen molar-refractivity contribution in [3.63, 3.8) is 0 Å². The summed E-state index contributed by atoms with van der Waals surface area (Å²) in [5.41, 5.74) is 0. The Labute approximate surface area is 91.5 Å².